The fourth-order valence-corrected chi connectivity index (χ4v) is 2.56. The Morgan fingerprint density at radius 3 is 2.94 bits per heavy atom. The first-order valence-electron chi connectivity index (χ1n) is 6.59. The Kier molecular flexibility index (Phi) is 4.02. The van der Waals surface area contributed by atoms with E-state index in [1.54, 1.807) is 0 Å². The molecule has 3 heteroatoms. The van der Waals surface area contributed by atoms with Crippen molar-refractivity contribution >= 4 is 5.69 Å². The summed E-state index contributed by atoms with van der Waals surface area (Å²) in [7, 11) is 0. The van der Waals surface area contributed by atoms with Crippen LogP contribution in [0.5, 0.6) is 0 Å². The zero-order chi connectivity index (χ0) is 12.3. The van der Waals surface area contributed by atoms with E-state index in [-0.39, 0.29) is 6.04 Å². The number of anilines is 1. The Balaban J connectivity index is 2.26. The topological polar surface area (TPSA) is 55.3 Å². The molecule has 1 aromatic rings. The molecule has 0 saturated carbocycles. The minimum absolute atomic E-state index is 0.0261. The van der Waals surface area contributed by atoms with Crippen LogP contribution in [0, 0.1) is 0 Å². The number of nitrogens with two attached hydrogens (primary N) is 2. The molecule has 94 valence electrons. The molecule has 1 aliphatic rings. The first-order valence-corrected chi connectivity index (χ1v) is 6.59. The predicted octanol–water partition coefficient (Wildman–Crippen LogP) is 1.81. The van der Waals surface area contributed by atoms with E-state index in [0.29, 0.717) is 6.54 Å². The highest BCUT2D eigenvalue weighted by molar-refractivity contribution is 5.57. The van der Waals surface area contributed by atoms with Crippen molar-refractivity contribution in [1.82, 2.24) is 0 Å². The van der Waals surface area contributed by atoms with Crippen molar-refractivity contribution in [1.29, 1.82) is 0 Å². The smallest absolute Gasteiger partial charge is 0.0419 e. The van der Waals surface area contributed by atoms with Gasteiger partial charge in [0.15, 0.2) is 0 Å². The average Bonchev–Trinajstić information content (AvgIpc) is 2.38. The molecule has 17 heavy (non-hydrogen) atoms. The lowest BCUT2D eigenvalue weighted by atomic mass is 9.96. The van der Waals surface area contributed by atoms with E-state index < -0.39 is 0 Å². The van der Waals surface area contributed by atoms with Crippen LogP contribution < -0.4 is 16.4 Å². The van der Waals surface area contributed by atoms with E-state index in [2.05, 4.69) is 30.0 Å². The van der Waals surface area contributed by atoms with Crippen molar-refractivity contribution in [2.75, 3.05) is 24.5 Å². The SMILES string of the molecule is CCCN1CCCc2cc([C@@H](N)CN)ccc21. The van der Waals surface area contributed by atoms with Gasteiger partial charge in [-0.2, -0.15) is 0 Å². The van der Waals surface area contributed by atoms with E-state index >= 15 is 0 Å². The monoisotopic (exact) mass is 233 g/mol. The highest BCUT2D eigenvalue weighted by Crippen LogP contribution is 2.29. The van der Waals surface area contributed by atoms with E-state index in [4.69, 9.17) is 11.5 Å². The lowest BCUT2D eigenvalue weighted by Gasteiger charge is -2.31. The fourth-order valence-electron chi connectivity index (χ4n) is 2.56. The van der Waals surface area contributed by atoms with E-state index in [1.165, 1.54) is 42.6 Å². The molecular weight excluding hydrogens is 210 g/mol. The molecule has 0 bridgehead atoms. The number of nitrogens with zero attached hydrogens (tertiary/aromatic N) is 1. The highest BCUT2D eigenvalue weighted by atomic mass is 15.1. The Hall–Kier alpha value is -1.06. The third kappa shape index (κ3) is 2.61. The van der Waals surface area contributed by atoms with Gasteiger partial charge >= 0.3 is 0 Å². The maximum atomic E-state index is 5.98. The first-order chi connectivity index (χ1) is 8.26. The van der Waals surface area contributed by atoms with Crippen molar-refractivity contribution in [3.63, 3.8) is 0 Å². The molecule has 0 fully saturated rings. The second kappa shape index (κ2) is 5.52. The second-order valence-electron chi connectivity index (χ2n) is 4.82. The number of fused-ring (bicyclic) bond motifs is 1. The summed E-state index contributed by atoms with van der Waals surface area (Å²) < 4.78 is 0. The molecule has 3 nitrogen and oxygen atoms in total. The number of aryl methyl sites for hydroxylation is 1. The lowest BCUT2D eigenvalue weighted by molar-refractivity contribution is 0.676. The Morgan fingerprint density at radius 1 is 1.41 bits per heavy atom. The molecule has 0 amide bonds. The summed E-state index contributed by atoms with van der Waals surface area (Å²) in [6.45, 7) is 5.07. The molecule has 4 N–H and O–H groups in total. The van der Waals surface area contributed by atoms with E-state index in [9.17, 15) is 0 Å². The number of benzene rings is 1. The lowest BCUT2D eigenvalue weighted by Crippen LogP contribution is -2.30. The number of hydrogen-bond donors (Lipinski definition) is 2. The molecule has 0 aliphatic carbocycles. The second-order valence-corrected chi connectivity index (χ2v) is 4.82. The molecule has 1 atom stereocenters. The molecular formula is C14H23N3. The molecule has 0 radical (unpaired) electrons. The predicted molar refractivity (Wildman–Crippen MR) is 73.2 cm³/mol. The first kappa shape index (κ1) is 12.4. The van der Waals surface area contributed by atoms with Crippen LogP contribution in [-0.4, -0.2) is 19.6 Å². The largest absolute Gasteiger partial charge is 0.371 e. The van der Waals surface area contributed by atoms with Gasteiger partial charge in [-0.1, -0.05) is 19.1 Å². The van der Waals surface area contributed by atoms with E-state index in [1.807, 2.05) is 0 Å². The minimum atomic E-state index is -0.0261. The van der Waals surface area contributed by atoms with Crippen molar-refractivity contribution in [3.8, 4) is 0 Å². The van der Waals surface area contributed by atoms with Crippen molar-refractivity contribution in [3.05, 3.63) is 29.3 Å². The van der Waals surface area contributed by atoms with Crippen LogP contribution in [-0.2, 0) is 6.42 Å². The summed E-state index contributed by atoms with van der Waals surface area (Å²) in [5.41, 5.74) is 15.6. The van der Waals surface area contributed by atoms with Crippen LogP contribution in [0.1, 0.15) is 36.9 Å². The van der Waals surface area contributed by atoms with Gasteiger partial charge in [-0.15, -0.1) is 0 Å². The summed E-state index contributed by atoms with van der Waals surface area (Å²) in [4.78, 5) is 2.48. The third-order valence-electron chi connectivity index (χ3n) is 3.49. The molecule has 1 aromatic carbocycles. The molecule has 0 aromatic heterocycles. The zero-order valence-corrected chi connectivity index (χ0v) is 10.7. The molecule has 0 unspecified atom stereocenters. The van der Waals surface area contributed by atoms with Crippen molar-refractivity contribution < 1.29 is 0 Å². The molecule has 1 heterocycles. The van der Waals surface area contributed by atoms with Crippen molar-refractivity contribution in [2.24, 2.45) is 11.5 Å². The normalized spacial score (nSPS) is 16.8. The van der Waals surface area contributed by atoms with Crippen LogP contribution in [0.15, 0.2) is 18.2 Å². The Bertz CT molecular complexity index is 376. The summed E-state index contributed by atoms with van der Waals surface area (Å²) in [6.07, 6.45) is 3.61. The fraction of sp³-hybridized carbons (Fsp3) is 0.571. The quantitative estimate of drug-likeness (QED) is 0.834. The standard InChI is InChI=1S/C14H23N3/c1-2-7-17-8-3-4-12-9-11(13(16)10-15)5-6-14(12)17/h5-6,9,13H,2-4,7-8,10,15-16H2,1H3/t13-/m0/s1. The van der Waals surface area contributed by atoms with Crippen LogP contribution in [0.25, 0.3) is 0 Å². The van der Waals surface area contributed by atoms with Crippen LogP contribution in [0.4, 0.5) is 5.69 Å². The molecule has 0 saturated heterocycles. The Morgan fingerprint density at radius 2 is 2.24 bits per heavy atom. The van der Waals surface area contributed by atoms with Crippen molar-refractivity contribution in [2.45, 2.75) is 32.2 Å². The van der Waals surface area contributed by atoms with Gasteiger partial charge in [-0.05, 0) is 36.5 Å². The maximum absolute atomic E-state index is 5.98. The summed E-state index contributed by atoms with van der Waals surface area (Å²) in [5.74, 6) is 0. The van der Waals surface area contributed by atoms with E-state index in [0.717, 1.165) is 6.54 Å². The van der Waals surface area contributed by atoms with Gasteiger partial charge in [0.1, 0.15) is 0 Å². The number of rotatable bonds is 4. The van der Waals surface area contributed by atoms with Crippen LogP contribution in [0.2, 0.25) is 0 Å². The van der Waals surface area contributed by atoms with Gasteiger partial charge in [0.25, 0.3) is 0 Å². The number of hydrogen-bond acceptors (Lipinski definition) is 3. The maximum Gasteiger partial charge on any atom is 0.0419 e. The summed E-state index contributed by atoms with van der Waals surface area (Å²) in [6, 6.07) is 6.57. The van der Waals surface area contributed by atoms with Gasteiger partial charge in [0.05, 0.1) is 0 Å². The molecule has 2 rings (SSSR count). The van der Waals surface area contributed by atoms with Crippen LogP contribution in [0.3, 0.4) is 0 Å². The molecule has 1 aliphatic heterocycles. The minimum Gasteiger partial charge on any atom is -0.371 e. The van der Waals surface area contributed by atoms with Crippen LogP contribution >= 0.6 is 0 Å². The third-order valence-corrected chi connectivity index (χ3v) is 3.49. The van der Waals surface area contributed by atoms with Gasteiger partial charge in [-0.3, -0.25) is 0 Å². The van der Waals surface area contributed by atoms with Gasteiger partial charge in [-0.25, -0.2) is 0 Å². The summed E-state index contributed by atoms with van der Waals surface area (Å²) in [5, 5.41) is 0. The molecule has 0 spiro atoms. The zero-order valence-electron chi connectivity index (χ0n) is 10.7. The average molecular weight is 233 g/mol. The summed E-state index contributed by atoms with van der Waals surface area (Å²) >= 11 is 0. The van der Waals surface area contributed by atoms with Gasteiger partial charge < -0.3 is 16.4 Å². The highest BCUT2D eigenvalue weighted by Gasteiger charge is 2.17. The Labute approximate surface area is 104 Å². The van der Waals surface area contributed by atoms with Gasteiger partial charge in [0, 0.05) is 31.4 Å². The van der Waals surface area contributed by atoms with Gasteiger partial charge in [0.2, 0.25) is 0 Å².